The number of sulfonamides is 1. The summed E-state index contributed by atoms with van der Waals surface area (Å²) in [6.07, 6.45) is -0.583. The van der Waals surface area contributed by atoms with Crippen molar-refractivity contribution in [1.29, 1.82) is 0 Å². The Hall–Kier alpha value is -3.01. The van der Waals surface area contributed by atoms with Gasteiger partial charge < -0.3 is 9.84 Å². The first-order valence-electron chi connectivity index (χ1n) is 12.2. The quantitative estimate of drug-likeness (QED) is 0.463. The molecule has 0 unspecified atom stereocenters. The number of carboxylic acid groups (broad SMARTS) is 1. The third-order valence-electron chi connectivity index (χ3n) is 6.74. The Morgan fingerprint density at radius 3 is 2.49 bits per heavy atom. The molecule has 0 radical (unpaired) electrons. The first-order chi connectivity index (χ1) is 17.3. The third-order valence-corrected chi connectivity index (χ3v) is 8.52. The number of carboxylic acids is 1. The van der Waals surface area contributed by atoms with Gasteiger partial charge in [-0.25, -0.2) is 8.42 Å². The zero-order valence-corrected chi connectivity index (χ0v) is 21.5. The second-order valence-corrected chi connectivity index (χ2v) is 12.0. The Bertz CT molecular complexity index is 1290. The Morgan fingerprint density at radius 2 is 1.84 bits per heavy atom. The summed E-state index contributed by atoms with van der Waals surface area (Å²) in [7, 11) is -4.41. The Balaban J connectivity index is 1.75. The second-order valence-electron chi connectivity index (χ2n) is 10.1. The summed E-state index contributed by atoms with van der Waals surface area (Å²) in [5.41, 5.74) is 1.18. The summed E-state index contributed by atoms with van der Waals surface area (Å²) in [6.45, 7) is 4.18. The number of hydrogen-bond acceptors (Lipinski definition) is 4. The number of halogens is 3. The van der Waals surface area contributed by atoms with Crippen molar-refractivity contribution in [3.05, 3.63) is 59.2 Å². The lowest BCUT2D eigenvalue weighted by atomic mass is 9.80. The highest BCUT2D eigenvalue weighted by atomic mass is 32.2. The number of fused-ring (bicyclic) bond motifs is 1. The number of alkyl halides is 3. The van der Waals surface area contributed by atoms with Gasteiger partial charge in [0.2, 0.25) is 0 Å². The van der Waals surface area contributed by atoms with Gasteiger partial charge in [-0.2, -0.15) is 13.2 Å². The zero-order chi connectivity index (χ0) is 27.0. The van der Waals surface area contributed by atoms with Crippen molar-refractivity contribution in [2.24, 2.45) is 11.8 Å². The molecule has 0 spiro atoms. The lowest BCUT2D eigenvalue weighted by molar-refractivity contribution is -0.138. The molecule has 6 nitrogen and oxygen atoms in total. The van der Waals surface area contributed by atoms with Gasteiger partial charge in [-0.05, 0) is 73.4 Å². The minimum Gasteiger partial charge on any atom is -0.486 e. The van der Waals surface area contributed by atoms with E-state index in [4.69, 9.17) is 9.84 Å². The average Bonchev–Trinajstić information content (AvgIpc) is 2.81. The molecule has 37 heavy (non-hydrogen) atoms. The monoisotopic (exact) mass is 537 g/mol. The number of rotatable bonds is 6. The van der Waals surface area contributed by atoms with Crippen molar-refractivity contribution in [3.8, 4) is 5.75 Å². The van der Waals surface area contributed by atoms with Crippen molar-refractivity contribution in [2.75, 3.05) is 10.8 Å². The van der Waals surface area contributed by atoms with Crippen LogP contribution in [0.1, 0.15) is 57.1 Å². The van der Waals surface area contributed by atoms with E-state index in [9.17, 15) is 26.4 Å². The fourth-order valence-corrected chi connectivity index (χ4v) is 6.77. The molecule has 10 heteroatoms. The van der Waals surface area contributed by atoms with Crippen LogP contribution in [0.15, 0.2) is 52.9 Å². The summed E-state index contributed by atoms with van der Waals surface area (Å²) in [6, 6.07) is 8.74. The van der Waals surface area contributed by atoms with Crippen LogP contribution in [-0.2, 0) is 21.0 Å². The Morgan fingerprint density at radius 1 is 1.14 bits per heavy atom. The number of aliphatic carboxylic acids is 1. The predicted octanol–water partition coefficient (Wildman–Crippen LogP) is 6.37. The molecule has 0 saturated heterocycles. The van der Waals surface area contributed by atoms with E-state index in [2.05, 4.69) is 13.8 Å². The molecule has 4 rings (SSSR count). The van der Waals surface area contributed by atoms with E-state index in [1.165, 1.54) is 5.57 Å². The van der Waals surface area contributed by atoms with E-state index in [1.807, 2.05) is 12.1 Å². The molecule has 0 amide bonds. The molecule has 1 aliphatic heterocycles. The fourth-order valence-electron chi connectivity index (χ4n) is 5.23. The van der Waals surface area contributed by atoms with Crippen molar-refractivity contribution >= 4 is 27.8 Å². The summed E-state index contributed by atoms with van der Waals surface area (Å²) in [4.78, 5) is 10.6. The zero-order valence-electron chi connectivity index (χ0n) is 20.7. The van der Waals surface area contributed by atoms with E-state index in [-0.39, 0.29) is 30.8 Å². The number of ether oxygens (including phenoxy) is 1. The smallest absolute Gasteiger partial charge is 0.416 e. The topological polar surface area (TPSA) is 83.9 Å². The molecular formula is C27H30F3NO5S. The molecule has 1 N–H and O–H groups in total. The number of hydrogen-bond donors (Lipinski definition) is 1. The minimum atomic E-state index is -4.70. The maximum atomic E-state index is 13.7. The van der Waals surface area contributed by atoms with Crippen LogP contribution < -0.4 is 9.04 Å². The van der Waals surface area contributed by atoms with Gasteiger partial charge in [0, 0.05) is 6.42 Å². The Kier molecular flexibility index (Phi) is 7.60. The molecule has 3 atom stereocenters. The van der Waals surface area contributed by atoms with Crippen LogP contribution in [0.3, 0.4) is 0 Å². The molecule has 2 aromatic carbocycles. The van der Waals surface area contributed by atoms with Crippen LogP contribution in [0.5, 0.6) is 5.75 Å². The van der Waals surface area contributed by atoms with Gasteiger partial charge >= 0.3 is 12.1 Å². The third kappa shape index (κ3) is 6.29. The van der Waals surface area contributed by atoms with Crippen molar-refractivity contribution in [1.82, 2.24) is 0 Å². The first kappa shape index (κ1) is 27.0. The summed E-state index contributed by atoms with van der Waals surface area (Å²) in [5, 5.41) is 9.08. The number of allylic oxidation sites excluding steroid dienone is 1. The molecule has 1 heterocycles. The standard InChI is InChI=1S/C27H30F3NO5S/c1-17-10-18(2)12-20(11-17)13-19-6-8-25-24(14-19)31(16-22(36-25)7-9-26(32)33)37(34,35)23-5-3-4-21(15-23)27(28,29)30/h3-6,8,13-15,17-18,22H,7,9-12,16H2,1-2H3,(H,32,33)/b20-13-/t17-,18+,22-/m0/s1. The first-order valence-corrected chi connectivity index (χ1v) is 13.7. The van der Waals surface area contributed by atoms with Crippen LogP contribution in [0, 0.1) is 11.8 Å². The molecule has 1 aliphatic carbocycles. The van der Waals surface area contributed by atoms with E-state index < -0.39 is 38.7 Å². The maximum Gasteiger partial charge on any atom is 0.416 e. The van der Waals surface area contributed by atoms with Crippen molar-refractivity contribution in [2.45, 2.75) is 63.1 Å². The van der Waals surface area contributed by atoms with Crippen molar-refractivity contribution < 1.29 is 36.2 Å². The van der Waals surface area contributed by atoms with E-state index >= 15 is 0 Å². The van der Waals surface area contributed by atoms with Gasteiger partial charge in [0.05, 0.1) is 22.7 Å². The highest BCUT2D eigenvalue weighted by Crippen LogP contribution is 2.41. The number of nitrogens with zero attached hydrogens (tertiary/aromatic N) is 1. The fraction of sp³-hybridized carbons (Fsp3) is 0.444. The molecule has 0 bridgehead atoms. The van der Waals surface area contributed by atoms with Gasteiger partial charge in [0.1, 0.15) is 11.9 Å². The molecular weight excluding hydrogens is 507 g/mol. The van der Waals surface area contributed by atoms with Gasteiger partial charge in [-0.1, -0.05) is 37.6 Å². The SMILES string of the molecule is C[C@@H]1C/C(=C/c2ccc3c(c2)N(S(=O)(=O)c2cccc(C(F)(F)F)c2)C[C@H](CCC(=O)O)O3)C[C@H](C)C1. The number of anilines is 1. The minimum absolute atomic E-state index is 0.0466. The van der Waals surface area contributed by atoms with Crippen LogP contribution >= 0.6 is 0 Å². The molecule has 2 aromatic rings. The largest absolute Gasteiger partial charge is 0.486 e. The van der Waals surface area contributed by atoms with E-state index in [1.54, 1.807) is 12.1 Å². The van der Waals surface area contributed by atoms with Gasteiger partial charge in [0.15, 0.2) is 0 Å². The molecule has 1 fully saturated rings. The summed E-state index contributed by atoms with van der Waals surface area (Å²) < 4.78 is 74.3. The van der Waals surface area contributed by atoms with E-state index in [0.29, 0.717) is 17.9 Å². The second kappa shape index (κ2) is 10.4. The summed E-state index contributed by atoms with van der Waals surface area (Å²) >= 11 is 0. The highest BCUT2D eigenvalue weighted by Gasteiger charge is 2.37. The van der Waals surface area contributed by atoms with Gasteiger partial charge in [-0.3, -0.25) is 9.10 Å². The van der Waals surface area contributed by atoms with Crippen molar-refractivity contribution in [3.63, 3.8) is 0 Å². The predicted molar refractivity (Wildman–Crippen MR) is 134 cm³/mol. The Labute approximate surface area is 214 Å². The van der Waals surface area contributed by atoms with Crippen LogP contribution in [0.2, 0.25) is 0 Å². The van der Waals surface area contributed by atoms with Gasteiger partial charge in [0.25, 0.3) is 10.0 Å². The molecule has 0 aromatic heterocycles. The van der Waals surface area contributed by atoms with E-state index in [0.717, 1.165) is 47.3 Å². The highest BCUT2D eigenvalue weighted by molar-refractivity contribution is 7.92. The lowest BCUT2D eigenvalue weighted by Gasteiger charge is -2.35. The lowest BCUT2D eigenvalue weighted by Crippen LogP contribution is -2.43. The average molecular weight is 538 g/mol. The number of carbonyl (C=O) groups is 1. The van der Waals surface area contributed by atoms with Crippen LogP contribution in [0.25, 0.3) is 6.08 Å². The normalized spacial score (nSPS) is 23.4. The van der Waals surface area contributed by atoms with Crippen LogP contribution in [-0.4, -0.2) is 32.1 Å². The molecule has 2 aliphatic rings. The van der Waals surface area contributed by atoms with Crippen LogP contribution in [0.4, 0.5) is 18.9 Å². The molecule has 1 saturated carbocycles. The molecule has 200 valence electrons. The van der Waals surface area contributed by atoms with Gasteiger partial charge in [-0.15, -0.1) is 0 Å². The number of benzene rings is 2. The maximum absolute atomic E-state index is 13.7. The summed E-state index contributed by atoms with van der Waals surface area (Å²) in [5.74, 6) is 0.275.